The molecule has 0 bridgehead atoms. The smallest absolute Gasteiger partial charge is 0.251 e. The molecule has 1 aromatic carbocycles. The highest BCUT2D eigenvalue weighted by atomic mass is 32.2. The second-order valence-corrected chi connectivity index (χ2v) is 7.72. The molecule has 0 atom stereocenters. The van der Waals surface area contributed by atoms with Crippen molar-refractivity contribution >= 4 is 15.9 Å². The Morgan fingerprint density at radius 1 is 1.15 bits per heavy atom. The zero-order valence-corrected chi connectivity index (χ0v) is 16.9. The number of benzene rings is 1. The maximum absolute atomic E-state index is 12.6. The van der Waals surface area contributed by atoms with Gasteiger partial charge in [0.25, 0.3) is 5.91 Å². The van der Waals surface area contributed by atoms with E-state index in [9.17, 15) is 13.2 Å². The SMILES string of the molecule is CCN(CC)S(=O)(=O)c1ccc(C)c(C(=O)NCCCOCCOC)c1. The Morgan fingerprint density at radius 2 is 1.85 bits per heavy atom. The first-order valence-electron chi connectivity index (χ1n) is 8.84. The Kier molecular flexibility index (Phi) is 9.79. The Labute approximate surface area is 156 Å². The molecule has 0 fully saturated rings. The minimum atomic E-state index is -3.59. The first-order chi connectivity index (χ1) is 12.4. The molecule has 0 aliphatic heterocycles. The summed E-state index contributed by atoms with van der Waals surface area (Å²) < 4.78 is 36.9. The maximum atomic E-state index is 12.6. The molecule has 8 heteroatoms. The van der Waals surface area contributed by atoms with Gasteiger partial charge < -0.3 is 14.8 Å². The van der Waals surface area contributed by atoms with Gasteiger partial charge in [0.15, 0.2) is 0 Å². The zero-order valence-electron chi connectivity index (χ0n) is 16.1. The van der Waals surface area contributed by atoms with Crippen molar-refractivity contribution < 1.29 is 22.7 Å². The van der Waals surface area contributed by atoms with Crippen molar-refractivity contribution in [2.24, 2.45) is 0 Å². The average molecular weight is 387 g/mol. The predicted molar refractivity (Wildman–Crippen MR) is 101 cm³/mol. The molecule has 0 aliphatic rings. The van der Waals surface area contributed by atoms with Crippen LogP contribution < -0.4 is 5.32 Å². The van der Waals surface area contributed by atoms with Gasteiger partial charge in [-0.15, -0.1) is 0 Å². The van der Waals surface area contributed by atoms with Crippen molar-refractivity contribution in [2.75, 3.05) is 46.6 Å². The number of hydrogen-bond acceptors (Lipinski definition) is 5. The minimum Gasteiger partial charge on any atom is -0.382 e. The second kappa shape index (κ2) is 11.3. The van der Waals surface area contributed by atoms with Crippen LogP contribution in [0.5, 0.6) is 0 Å². The fourth-order valence-corrected chi connectivity index (χ4v) is 3.92. The molecular weight excluding hydrogens is 356 g/mol. The predicted octanol–water partition coefficient (Wildman–Crippen LogP) is 1.81. The van der Waals surface area contributed by atoms with Gasteiger partial charge in [0, 0.05) is 38.9 Å². The van der Waals surface area contributed by atoms with E-state index in [2.05, 4.69) is 5.32 Å². The molecule has 0 radical (unpaired) electrons. The van der Waals surface area contributed by atoms with Gasteiger partial charge in [-0.1, -0.05) is 19.9 Å². The molecule has 0 aromatic heterocycles. The lowest BCUT2D eigenvalue weighted by molar-refractivity contribution is 0.0688. The standard InChI is InChI=1S/C18H30N2O5S/c1-5-20(6-2)26(22,23)16-9-8-15(3)17(14-16)18(21)19-10-7-11-25-13-12-24-4/h8-9,14H,5-7,10-13H2,1-4H3,(H,19,21). The van der Waals surface area contributed by atoms with Gasteiger partial charge in [0.1, 0.15) is 0 Å². The highest BCUT2D eigenvalue weighted by Gasteiger charge is 2.23. The highest BCUT2D eigenvalue weighted by Crippen LogP contribution is 2.19. The summed E-state index contributed by atoms with van der Waals surface area (Å²) in [6, 6.07) is 4.66. The number of hydrogen-bond donors (Lipinski definition) is 1. The second-order valence-electron chi connectivity index (χ2n) is 5.78. The first kappa shape index (κ1) is 22.6. The summed E-state index contributed by atoms with van der Waals surface area (Å²) in [6.45, 7) is 8.19. The normalized spacial score (nSPS) is 11.7. The van der Waals surface area contributed by atoms with E-state index in [1.54, 1.807) is 40.0 Å². The largest absolute Gasteiger partial charge is 0.382 e. The lowest BCUT2D eigenvalue weighted by Crippen LogP contribution is -2.31. The highest BCUT2D eigenvalue weighted by molar-refractivity contribution is 7.89. The van der Waals surface area contributed by atoms with Gasteiger partial charge in [0.05, 0.1) is 18.1 Å². The summed E-state index contributed by atoms with van der Waals surface area (Å²) >= 11 is 0. The van der Waals surface area contributed by atoms with Crippen LogP contribution in [0.2, 0.25) is 0 Å². The number of methoxy groups -OCH3 is 1. The molecule has 0 heterocycles. The van der Waals surface area contributed by atoms with E-state index in [4.69, 9.17) is 9.47 Å². The Hall–Kier alpha value is -1.48. The minimum absolute atomic E-state index is 0.139. The third kappa shape index (κ3) is 6.35. The van der Waals surface area contributed by atoms with Crippen molar-refractivity contribution in [1.82, 2.24) is 9.62 Å². The van der Waals surface area contributed by atoms with Crippen LogP contribution in [0.25, 0.3) is 0 Å². The quantitative estimate of drug-likeness (QED) is 0.554. The van der Waals surface area contributed by atoms with Crippen LogP contribution in [0.4, 0.5) is 0 Å². The number of carbonyl (C=O) groups excluding carboxylic acids is 1. The first-order valence-corrected chi connectivity index (χ1v) is 10.3. The van der Waals surface area contributed by atoms with Crippen LogP contribution in [0.3, 0.4) is 0 Å². The average Bonchev–Trinajstić information content (AvgIpc) is 2.61. The van der Waals surface area contributed by atoms with Crippen molar-refractivity contribution in [3.05, 3.63) is 29.3 Å². The van der Waals surface area contributed by atoms with Crippen molar-refractivity contribution in [1.29, 1.82) is 0 Å². The number of nitrogens with zero attached hydrogens (tertiary/aromatic N) is 1. The molecule has 1 amide bonds. The molecule has 1 rings (SSSR count). The van der Waals surface area contributed by atoms with E-state index in [0.29, 0.717) is 51.4 Å². The number of carbonyl (C=O) groups is 1. The van der Waals surface area contributed by atoms with Crippen LogP contribution in [0, 0.1) is 6.92 Å². The number of sulfonamides is 1. The molecule has 7 nitrogen and oxygen atoms in total. The van der Waals surface area contributed by atoms with Gasteiger partial charge in [-0.3, -0.25) is 4.79 Å². The van der Waals surface area contributed by atoms with Crippen LogP contribution in [-0.2, 0) is 19.5 Å². The third-order valence-electron chi connectivity index (χ3n) is 3.98. The summed E-state index contributed by atoms with van der Waals surface area (Å²) in [5.74, 6) is -0.281. The lowest BCUT2D eigenvalue weighted by Gasteiger charge is -2.19. The molecule has 148 valence electrons. The van der Waals surface area contributed by atoms with E-state index >= 15 is 0 Å². The van der Waals surface area contributed by atoms with Gasteiger partial charge in [-0.2, -0.15) is 4.31 Å². The Morgan fingerprint density at radius 3 is 2.46 bits per heavy atom. The summed E-state index contributed by atoms with van der Waals surface area (Å²) in [6.07, 6.45) is 0.673. The monoisotopic (exact) mass is 386 g/mol. The number of ether oxygens (including phenoxy) is 2. The summed E-state index contributed by atoms with van der Waals surface area (Å²) in [5.41, 5.74) is 1.11. The molecule has 26 heavy (non-hydrogen) atoms. The van der Waals surface area contributed by atoms with Crippen molar-refractivity contribution in [2.45, 2.75) is 32.1 Å². The summed E-state index contributed by atoms with van der Waals surface area (Å²) in [5, 5.41) is 2.81. The van der Waals surface area contributed by atoms with Crippen LogP contribution >= 0.6 is 0 Å². The third-order valence-corrected chi connectivity index (χ3v) is 6.03. The summed E-state index contributed by atoms with van der Waals surface area (Å²) in [4.78, 5) is 12.5. The number of rotatable bonds is 12. The molecule has 1 aromatic rings. The molecule has 0 aliphatic carbocycles. The zero-order chi connectivity index (χ0) is 19.6. The molecule has 0 saturated carbocycles. The van der Waals surface area contributed by atoms with E-state index in [0.717, 1.165) is 5.56 Å². The summed E-state index contributed by atoms with van der Waals surface area (Å²) in [7, 11) is -1.98. The number of amides is 1. The molecule has 0 spiro atoms. The Balaban J connectivity index is 2.73. The van der Waals surface area contributed by atoms with E-state index < -0.39 is 10.0 Å². The van der Waals surface area contributed by atoms with Gasteiger partial charge in [-0.25, -0.2) is 8.42 Å². The lowest BCUT2D eigenvalue weighted by atomic mass is 10.1. The van der Waals surface area contributed by atoms with Crippen molar-refractivity contribution in [3.8, 4) is 0 Å². The molecular formula is C18H30N2O5S. The molecule has 0 saturated heterocycles. The van der Waals surface area contributed by atoms with Crippen LogP contribution in [-0.4, -0.2) is 65.2 Å². The number of aryl methyl sites for hydroxylation is 1. The fourth-order valence-electron chi connectivity index (χ4n) is 2.43. The fraction of sp³-hybridized carbons (Fsp3) is 0.611. The van der Waals surface area contributed by atoms with E-state index in [-0.39, 0.29) is 10.8 Å². The topological polar surface area (TPSA) is 84.9 Å². The van der Waals surface area contributed by atoms with E-state index in [1.165, 1.54) is 10.4 Å². The van der Waals surface area contributed by atoms with E-state index in [1.807, 2.05) is 0 Å². The maximum Gasteiger partial charge on any atom is 0.251 e. The number of nitrogens with one attached hydrogen (secondary N) is 1. The Bertz CT molecular complexity index is 672. The van der Waals surface area contributed by atoms with Crippen LogP contribution in [0.1, 0.15) is 36.2 Å². The van der Waals surface area contributed by atoms with Gasteiger partial charge in [0.2, 0.25) is 10.0 Å². The van der Waals surface area contributed by atoms with Crippen LogP contribution in [0.15, 0.2) is 23.1 Å². The molecule has 0 unspecified atom stereocenters. The van der Waals surface area contributed by atoms with Gasteiger partial charge >= 0.3 is 0 Å². The molecule has 1 N–H and O–H groups in total. The van der Waals surface area contributed by atoms with Gasteiger partial charge in [-0.05, 0) is 31.0 Å². The van der Waals surface area contributed by atoms with Crippen molar-refractivity contribution in [3.63, 3.8) is 0 Å².